The maximum absolute atomic E-state index is 12.4. The molecule has 1 heterocycles. The van der Waals surface area contributed by atoms with E-state index in [9.17, 15) is 13.2 Å². The van der Waals surface area contributed by atoms with Crippen LogP contribution in [0.4, 0.5) is 11.4 Å². The van der Waals surface area contributed by atoms with E-state index < -0.39 is 10.0 Å². The van der Waals surface area contributed by atoms with Gasteiger partial charge in [-0.1, -0.05) is 12.0 Å². The van der Waals surface area contributed by atoms with Crippen molar-refractivity contribution in [3.05, 3.63) is 23.8 Å². The van der Waals surface area contributed by atoms with Crippen LogP contribution < -0.4 is 9.62 Å². The Bertz CT molecular complexity index is 745. The van der Waals surface area contributed by atoms with Gasteiger partial charge in [-0.05, 0) is 43.4 Å². The van der Waals surface area contributed by atoms with Crippen LogP contribution in [-0.2, 0) is 21.2 Å². The molecular formula is C16H18N2O3S. The fourth-order valence-corrected chi connectivity index (χ4v) is 3.52. The van der Waals surface area contributed by atoms with Gasteiger partial charge >= 0.3 is 0 Å². The number of aryl methyl sites for hydroxylation is 1. The Morgan fingerprint density at radius 1 is 1.41 bits per heavy atom. The summed E-state index contributed by atoms with van der Waals surface area (Å²) in [7, 11) is -3.54. The van der Waals surface area contributed by atoms with Crippen LogP contribution in [-0.4, -0.2) is 26.6 Å². The predicted octanol–water partition coefficient (Wildman–Crippen LogP) is 1.75. The monoisotopic (exact) mass is 318 g/mol. The topological polar surface area (TPSA) is 66.5 Å². The number of nitrogens with one attached hydrogen (secondary N) is 1. The van der Waals surface area contributed by atoms with Crippen LogP contribution in [0.25, 0.3) is 0 Å². The molecule has 1 saturated carbocycles. The molecule has 6 heteroatoms. The van der Waals surface area contributed by atoms with Gasteiger partial charge in [-0.3, -0.25) is 9.52 Å². The fraction of sp³-hybridized carbons (Fsp3) is 0.438. The van der Waals surface area contributed by atoms with Gasteiger partial charge in [-0.15, -0.1) is 6.42 Å². The highest BCUT2D eigenvalue weighted by Gasteiger charge is 2.35. The first kappa shape index (κ1) is 14.9. The summed E-state index contributed by atoms with van der Waals surface area (Å²) in [6.07, 6.45) is 8.82. The summed E-state index contributed by atoms with van der Waals surface area (Å²) < 4.78 is 26.0. The number of rotatable bonds is 4. The number of carbonyl (C=O) groups is 1. The quantitative estimate of drug-likeness (QED) is 0.860. The van der Waals surface area contributed by atoms with E-state index in [2.05, 4.69) is 10.6 Å². The van der Waals surface area contributed by atoms with Crippen molar-refractivity contribution in [1.82, 2.24) is 0 Å². The number of fused-ring (bicyclic) bond motifs is 1. The Morgan fingerprint density at radius 3 is 2.86 bits per heavy atom. The van der Waals surface area contributed by atoms with Gasteiger partial charge in [0.15, 0.2) is 0 Å². The number of sulfonamides is 1. The van der Waals surface area contributed by atoms with E-state index in [0.29, 0.717) is 12.2 Å². The number of hydrogen-bond acceptors (Lipinski definition) is 3. The van der Waals surface area contributed by atoms with Crippen molar-refractivity contribution in [1.29, 1.82) is 0 Å². The molecule has 22 heavy (non-hydrogen) atoms. The maximum Gasteiger partial charge on any atom is 0.244 e. The van der Waals surface area contributed by atoms with Crippen LogP contribution in [0.1, 0.15) is 24.8 Å². The molecule has 2 aliphatic rings. The molecule has 3 rings (SSSR count). The van der Waals surface area contributed by atoms with Gasteiger partial charge in [-0.25, -0.2) is 8.42 Å². The third-order valence-corrected chi connectivity index (χ3v) is 5.04. The zero-order valence-electron chi connectivity index (χ0n) is 12.2. The standard InChI is InChI=1S/C16H18N2O3S/c1-2-10-22(20,21)17-14-8-7-12-4-3-9-18(15(12)11-14)16(19)13-5-6-13/h1,7-8,11,13,17H,3-6,9-10H2. The lowest BCUT2D eigenvalue weighted by Gasteiger charge is -2.30. The first-order valence-electron chi connectivity index (χ1n) is 7.38. The Kier molecular flexibility index (Phi) is 3.83. The smallest absolute Gasteiger partial charge is 0.244 e. The Morgan fingerprint density at radius 2 is 2.18 bits per heavy atom. The molecule has 0 spiro atoms. The zero-order chi connectivity index (χ0) is 15.7. The second-order valence-electron chi connectivity index (χ2n) is 5.78. The van der Waals surface area contributed by atoms with Crippen molar-refractivity contribution in [2.75, 3.05) is 21.9 Å². The molecule has 0 saturated heterocycles. The molecule has 116 valence electrons. The third-order valence-electron chi connectivity index (χ3n) is 3.94. The number of amides is 1. The highest BCUT2D eigenvalue weighted by Crippen LogP contribution is 2.37. The highest BCUT2D eigenvalue weighted by atomic mass is 32.2. The minimum Gasteiger partial charge on any atom is -0.312 e. The lowest BCUT2D eigenvalue weighted by molar-refractivity contribution is -0.119. The van der Waals surface area contributed by atoms with Crippen LogP contribution in [0.15, 0.2) is 18.2 Å². The normalized spacial score (nSPS) is 17.5. The SMILES string of the molecule is C#CCS(=O)(=O)Nc1ccc2c(c1)N(C(=O)C1CC1)CCC2. The molecule has 0 atom stereocenters. The van der Waals surface area contributed by atoms with Gasteiger partial charge < -0.3 is 4.90 Å². The van der Waals surface area contributed by atoms with E-state index in [4.69, 9.17) is 6.42 Å². The molecule has 1 aromatic carbocycles. The molecule has 1 aliphatic carbocycles. The number of terminal acetylenes is 1. The van der Waals surface area contributed by atoms with Crippen molar-refractivity contribution in [3.63, 3.8) is 0 Å². The average molecular weight is 318 g/mol. The van der Waals surface area contributed by atoms with E-state index in [0.717, 1.165) is 36.9 Å². The summed E-state index contributed by atoms with van der Waals surface area (Å²) in [5, 5.41) is 0. The molecule has 5 nitrogen and oxygen atoms in total. The van der Waals surface area contributed by atoms with Crippen molar-refractivity contribution < 1.29 is 13.2 Å². The molecule has 0 radical (unpaired) electrons. The third kappa shape index (κ3) is 3.09. The largest absolute Gasteiger partial charge is 0.312 e. The second kappa shape index (κ2) is 5.65. The molecule has 0 unspecified atom stereocenters. The van der Waals surface area contributed by atoms with E-state index >= 15 is 0 Å². The first-order valence-corrected chi connectivity index (χ1v) is 9.03. The van der Waals surface area contributed by atoms with E-state index in [1.165, 1.54) is 0 Å². The minimum absolute atomic E-state index is 0.146. The van der Waals surface area contributed by atoms with Crippen molar-refractivity contribution in [2.45, 2.75) is 25.7 Å². The fourth-order valence-electron chi connectivity index (χ4n) is 2.74. The van der Waals surface area contributed by atoms with E-state index in [1.54, 1.807) is 17.0 Å². The summed E-state index contributed by atoms with van der Waals surface area (Å²) in [5.41, 5.74) is 2.36. The summed E-state index contributed by atoms with van der Waals surface area (Å²) >= 11 is 0. The van der Waals surface area contributed by atoms with Gasteiger partial charge in [0, 0.05) is 18.2 Å². The van der Waals surface area contributed by atoms with Gasteiger partial charge in [0.1, 0.15) is 5.75 Å². The molecule has 1 amide bonds. The van der Waals surface area contributed by atoms with Gasteiger partial charge in [0.2, 0.25) is 15.9 Å². The molecule has 0 aromatic heterocycles. The summed E-state index contributed by atoms with van der Waals surface area (Å²) in [6.45, 7) is 0.697. The number of anilines is 2. The highest BCUT2D eigenvalue weighted by molar-refractivity contribution is 7.92. The zero-order valence-corrected chi connectivity index (χ0v) is 13.0. The van der Waals surface area contributed by atoms with Crippen molar-refractivity contribution in [3.8, 4) is 12.3 Å². The van der Waals surface area contributed by atoms with Crippen LogP contribution in [0, 0.1) is 18.3 Å². The number of nitrogens with zero attached hydrogens (tertiary/aromatic N) is 1. The Hall–Kier alpha value is -2.00. The summed E-state index contributed by atoms with van der Waals surface area (Å²) in [6, 6.07) is 5.34. The predicted molar refractivity (Wildman–Crippen MR) is 86.1 cm³/mol. The lowest BCUT2D eigenvalue weighted by atomic mass is 10.0. The summed E-state index contributed by atoms with van der Waals surface area (Å²) in [4.78, 5) is 14.2. The first-order chi connectivity index (χ1) is 10.5. The van der Waals surface area contributed by atoms with Gasteiger partial charge in [0.05, 0.1) is 5.69 Å². The Labute approximate surface area is 130 Å². The van der Waals surface area contributed by atoms with Crippen molar-refractivity contribution in [2.24, 2.45) is 5.92 Å². The average Bonchev–Trinajstić information content (AvgIpc) is 3.30. The lowest BCUT2D eigenvalue weighted by Crippen LogP contribution is -2.36. The molecule has 1 aliphatic heterocycles. The second-order valence-corrected chi connectivity index (χ2v) is 7.50. The van der Waals surface area contributed by atoms with Crippen molar-refractivity contribution >= 4 is 27.3 Å². The Balaban J connectivity index is 1.89. The van der Waals surface area contributed by atoms with Gasteiger partial charge in [0.25, 0.3) is 0 Å². The number of carbonyl (C=O) groups excluding carboxylic acids is 1. The van der Waals surface area contributed by atoms with Crippen LogP contribution in [0.5, 0.6) is 0 Å². The molecule has 1 aromatic rings. The van der Waals surface area contributed by atoms with Gasteiger partial charge in [-0.2, -0.15) is 0 Å². The number of benzene rings is 1. The summed E-state index contributed by atoms with van der Waals surface area (Å²) in [5.74, 6) is 2.06. The van der Waals surface area contributed by atoms with E-state index in [-0.39, 0.29) is 17.6 Å². The minimum atomic E-state index is -3.54. The molecule has 0 bridgehead atoms. The molecular weight excluding hydrogens is 300 g/mol. The van der Waals surface area contributed by atoms with Crippen LogP contribution in [0.3, 0.4) is 0 Å². The van der Waals surface area contributed by atoms with Crippen LogP contribution in [0.2, 0.25) is 0 Å². The maximum atomic E-state index is 12.4. The van der Waals surface area contributed by atoms with E-state index in [1.807, 2.05) is 6.07 Å². The molecule has 1 N–H and O–H groups in total. The van der Waals surface area contributed by atoms with Crippen LogP contribution >= 0.6 is 0 Å². The number of hydrogen-bond donors (Lipinski definition) is 1. The molecule has 1 fully saturated rings.